The van der Waals surface area contributed by atoms with Crippen LogP contribution in [0.15, 0.2) is 65.3 Å². The molecule has 4 atom stereocenters. The number of carbonyl (C=O) groups is 1. The summed E-state index contributed by atoms with van der Waals surface area (Å²) >= 11 is 0. The maximum Gasteiger partial charge on any atom is 0.373 e. The molecule has 4 rings (SSSR count). The van der Waals surface area contributed by atoms with Gasteiger partial charge in [-0.15, -0.1) is 0 Å². The maximum absolute atomic E-state index is 13.6. The minimum atomic E-state index is -1.10. The summed E-state index contributed by atoms with van der Waals surface area (Å²) in [6.07, 6.45) is 7.68. The van der Waals surface area contributed by atoms with Gasteiger partial charge in [-0.25, -0.2) is 0 Å². The normalized spacial score (nSPS) is 20.4. The lowest BCUT2D eigenvalue weighted by molar-refractivity contribution is -0.211. The second kappa shape index (κ2) is 19.4. The molecule has 2 aliphatic heterocycles. The van der Waals surface area contributed by atoms with E-state index >= 15 is 0 Å². The minimum absolute atomic E-state index is 0.0806. The number of nitrogens with one attached hydrogen (secondary N) is 1. The van der Waals surface area contributed by atoms with Crippen molar-refractivity contribution >= 4 is 29.1 Å². The Morgan fingerprint density at radius 2 is 1.54 bits per heavy atom. The summed E-state index contributed by atoms with van der Waals surface area (Å²) in [7, 11) is 0. The smallest absolute Gasteiger partial charge is 0.373 e. The SMILES string of the molecule is CC(C)(C)[C@H]1OC[C@@H](O)[C@H](O)[C@H]1O.CC(C)=CCC/C(C)=C/CC/C(C)=C/CN1C(=O)c2cccc(O)c2Nc2c(C)cc(C)cc21.O=C=O. The van der Waals surface area contributed by atoms with E-state index in [4.69, 9.17) is 14.3 Å². The zero-order valence-corrected chi connectivity index (χ0v) is 31.0. The molecule has 0 bridgehead atoms. The number of allylic oxidation sites excluding steroid dienone is 5. The van der Waals surface area contributed by atoms with Crippen molar-refractivity contribution in [3.63, 3.8) is 0 Å². The summed E-state index contributed by atoms with van der Waals surface area (Å²) in [6.45, 7) is 19.0. The van der Waals surface area contributed by atoms with Crippen molar-refractivity contribution in [1.29, 1.82) is 0 Å². The highest BCUT2D eigenvalue weighted by atomic mass is 16.5. The van der Waals surface area contributed by atoms with Crippen molar-refractivity contribution in [2.75, 3.05) is 23.4 Å². The lowest BCUT2D eigenvalue weighted by atomic mass is 9.81. The number of carbonyl (C=O) groups excluding carboxylic acids is 3. The van der Waals surface area contributed by atoms with Gasteiger partial charge < -0.3 is 35.4 Å². The summed E-state index contributed by atoms with van der Waals surface area (Å²) in [5.41, 5.74) is 8.62. The van der Waals surface area contributed by atoms with E-state index in [2.05, 4.69) is 57.3 Å². The first-order chi connectivity index (χ1) is 23.4. The number of fused-ring (bicyclic) bond motifs is 2. The van der Waals surface area contributed by atoms with Gasteiger partial charge in [0.05, 0.1) is 35.3 Å². The summed E-state index contributed by atoms with van der Waals surface area (Å²) in [5, 5.41) is 42.0. The summed E-state index contributed by atoms with van der Waals surface area (Å²) in [4.78, 5) is 31.6. The Hall–Kier alpha value is -4.05. The highest BCUT2D eigenvalue weighted by Gasteiger charge is 2.43. The monoisotopic (exact) mass is 692 g/mol. The van der Waals surface area contributed by atoms with E-state index in [9.17, 15) is 25.2 Å². The molecule has 0 aliphatic carbocycles. The van der Waals surface area contributed by atoms with E-state index in [-0.39, 0.29) is 29.8 Å². The zero-order chi connectivity index (χ0) is 37.8. The Morgan fingerprint density at radius 3 is 2.14 bits per heavy atom. The molecule has 0 spiro atoms. The number of ether oxygens (including phenoxy) is 1. The molecule has 0 aromatic heterocycles. The van der Waals surface area contributed by atoms with E-state index in [1.54, 1.807) is 18.2 Å². The molecule has 1 amide bonds. The van der Waals surface area contributed by atoms with E-state index in [1.807, 2.05) is 45.6 Å². The first-order valence-electron chi connectivity index (χ1n) is 17.0. The zero-order valence-electron chi connectivity index (χ0n) is 31.0. The van der Waals surface area contributed by atoms with Crippen molar-refractivity contribution in [3.05, 3.63) is 82.0 Å². The van der Waals surface area contributed by atoms with E-state index in [1.165, 1.54) is 16.7 Å². The number of para-hydroxylation sites is 1. The Bertz CT molecular complexity index is 1580. The average Bonchev–Trinajstić information content (AvgIpc) is 3.13. The Morgan fingerprint density at radius 1 is 0.940 bits per heavy atom. The molecular weight excluding hydrogens is 636 g/mol. The van der Waals surface area contributed by atoms with Crippen molar-refractivity contribution in [2.45, 2.75) is 112 Å². The number of amides is 1. The molecule has 0 unspecified atom stereocenters. The van der Waals surface area contributed by atoms with E-state index in [0.29, 0.717) is 17.8 Å². The molecule has 50 heavy (non-hydrogen) atoms. The highest BCUT2D eigenvalue weighted by molar-refractivity contribution is 6.14. The van der Waals surface area contributed by atoms with Crippen LogP contribution in [0, 0.1) is 19.3 Å². The van der Waals surface area contributed by atoms with E-state index in [0.717, 1.165) is 48.2 Å². The first kappa shape index (κ1) is 42.1. The number of phenols is 1. The number of phenolic OH excluding ortho intramolecular Hbond substituents is 1. The van der Waals surface area contributed by atoms with Crippen LogP contribution in [0.25, 0.3) is 0 Å². The van der Waals surface area contributed by atoms with Crippen LogP contribution in [-0.4, -0.2) is 70.1 Å². The molecule has 274 valence electrons. The van der Waals surface area contributed by atoms with Crippen LogP contribution in [0.3, 0.4) is 0 Å². The lowest BCUT2D eigenvalue weighted by Crippen LogP contribution is -2.56. The third kappa shape index (κ3) is 12.1. The quantitative estimate of drug-likeness (QED) is 0.144. The van der Waals surface area contributed by atoms with Gasteiger partial charge in [0, 0.05) is 6.54 Å². The van der Waals surface area contributed by atoms with Gasteiger partial charge in [0.1, 0.15) is 24.1 Å². The fourth-order valence-corrected chi connectivity index (χ4v) is 5.89. The molecule has 2 aromatic rings. The molecule has 0 saturated carbocycles. The maximum atomic E-state index is 13.6. The number of aliphatic hydroxyl groups is 3. The fraction of sp³-hybridized carbons (Fsp3) is 0.500. The van der Waals surface area contributed by atoms with Crippen LogP contribution in [0.1, 0.15) is 95.6 Å². The molecule has 1 fully saturated rings. The summed E-state index contributed by atoms with van der Waals surface area (Å²) in [6, 6.07) is 9.22. The van der Waals surface area contributed by atoms with Gasteiger partial charge in [0.25, 0.3) is 5.91 Å². The average molecular weight is 693 g/mol. The van der Waals surface area contributed by atoms with Gasteiger partial charge in [-0.1, -0.05) is 67.9 Å². The summed E-state index contributed by atoms with van der Waals surface area (Å²) < 4.78 is 5.28. The van der Waals surface area contributed by atoms with Gasteiger partial charge in [-0.05, 0) is 102 Å². The molecule has 2 aliphatic rings. The van der Waals surface area contributed by atoms with Crippen molar-refractivity contribution in [3.8, 4) is 5.75 Å². The topological polar surface area (TPSA) is 157 Å². The van der Waals surface area contributed by atoms with Crippen LogP contribution >= 0.6 is 0 Å². The standard InChI is InChI=1S/C30H38N2O2.C9H18O4.CO2/c1-20(2)10-7-11-21(3)12-8-13-22(4)16-17-32-26-19-23(5)18-24(6)28(26)31-29-25(30(32)34)14-9-15-27(29)33;1-9(2,3)8-7(12)6(11)5(10)4-13-8;2-1-3/h9-10,12,14-16,18-19,31,33H,7-8,11,13,17H2,1-6H3;5-8,10-12H,4H2,1-3H3;/b21-12+,22-16+;;/t;5-,6+,7-,8+;/m.1./s1. The number of nitrogens with zero attached hydrogens (tertiary/aromatic N) is 1. The molecule has 1 saturated heterocycles. The number of rotatable bonds is 8. The Labute approximate surface area is 297 Å². The number of aryl methyl sites for hydroxylation is 2. The molecular formula is C40H56N2O8. The van der Waals surface area contributed by atoms with Gasteiger partial charge in [-0.3, -0.25) is 4.79 Å². The predicted molar refractivity (Wildman–Crippen MR) is 197 cm³/mol. The van der Waals surface area contributed by atoms with Crippen molar-refractivity contribution < 1.29 is 39.5 Å². The van der Waals surface area contributed by atoms with Gasteiger partial charge in [-0.2, -0.15) is 9.59 Å². The van der Waals surface area contributed by atoms with Crippen LogP contribution < -0.4 is 10.2 Å². The van der Waals surface area contributed by atoms with Crippen molar-refractivity contribution in [2.24, 2.45) is 5.41 Å². The third-order valence-corrected chi connectivity index (χ3v) is 8.62. The molecule has 10 nitrogen and oxygen atoms in total. The van der Waals surface area contributed by atoms with E-state index < -0.39 is 24.4 Å². The third-order valence-electron chi connectivity index (χ3n) is 8.62. The predicted octanol–water partition coefficient (Wildman–Crippen LogP) is 7.06. The second-order valence-corrected chi connectivity index (χ2v) is 14.4. The highest BCUT2D eigenvalue weighted by Crippen LogP contribution is 2.42. The van der Waals surface area contributed by atoms with Crippen LogP contribution in [0.2, 0.25) is 0 Å². The number of aliphatic hydroxyl groups excluding tert-OH is 3. The number of benzene rings is 2. The van der Waals surface area contributed by atoms with Gasteiger partial charge in [0.15, 0.2) is 0 Å². The lowest BCUT2D eigenvalue weighted by Gasteiger charge is -2.41. The van der Waals surface area contributed by atoms with Gasteiger partial charge in [0.2, 0.25) is 0 Å². The molecule has 5 N–H and O–H groups in total. The molecule has 10 heteroatoms. The molecule has 0 radical (unpaired) electrons. The Kier molecular flexibility index (Phi) is 16.3. The van der Waals surface area contributed by atoms with Crippen LogP contribution in [0.4, 0.5) is 17.1 Å². The summed E-state index contributed by atoms with van der Waals surface area (Å²) in [5.74, 6) is -0.0293. The number of anilines is 3. The van der Waals surface area contributed by atoms with Gasteiger partial charge >= 0.3 is 6.15 Å². The molecule has 2 heterocycles. The first-order valence-corrected chi connectivity index (χ1v) is 17.0. The number of hydrogen-bond acceptors (Lipinski definition) is 9. The van der Waals surface area contributed by atoms with Crippen LogP contribution in [0.5, 0.6) is 5.75 Å². The number of aromatic hydroxyl groups is 1. The Balaban J connectivity index is 0.000000449. The fourth-order valence-electron chi connectivity index (χ4n) is 5.89. The second-order valence-electron chi connectivity index (χ2n) is 14.4. The largest absolute Gasteiger partial charge is 0.506 e. The van der Waals surface area contributed by atoms with Crippen LogP contribution in [-0.2, 0) is 14.3 Å². The molecule has 2 aromatic carbocycles. The van der Waals surface area contributed by atoms with Crippen molar-refractivity contribution in [1.82, 2.24) is 0 Å². The number of hydrogen-bond donors (Lipinski definition) is 5. The minimum Gasteiger partial charge on any atom is -0.506 e.